The average Bonchev–Trinajstić information content (AvgIpc) is 3.44. The Kier molecular flexibility index (Phi) is 38.8. The fraction of sp³-hybridized carbons (Fsp3) is 0.387. The van der Waals surface area contributed by atoms with Crippen molar-refractivity contribution in [1.82, 2.24) is 0 Å². The molecule has 0 bridgehead atoms. The summed E-state index contributed by atoms with van der Waals surface area (Å²) in [6.45, 7) is 27.6. The maximum Gasteiger partial charge on any atom is 0.189 e. The Morgan fingerprint density at radius 3 is 1.14 bits per heavy atom. The summed E-state index contributed by atoms with van der Waals surface area (Å²) in [5, 5.41) is 28.6. The summed E-state index contributed by atoms with van der Waals surface area (Å²) in [5.74, 6) is 3.87. The molecule has 78 heavy (non-hydrogen) atoms. The molecule has 428 valence electrons. The molecule has 0 saturated carbocycles. The van der Waals surface area contributed by atoms with Crippen LogP contribution in [0.1, 0.15) is 104 Å². The molecule has 16 heteroatoms. The lowest BCUT2D eigenvalue weighted by molar-refractivity contribution is 0.0206. The fourth-order valence-corrected chi connectivity index (χ4v) is 9.44. The SMILES string of the molecule is CCOCOc1c(C)cccc1C=O.CCOCOc1c(C)cccc1CBr.CCOCOc1c(C)cccc1CO.CCOCOc1c(C)cccc1C[SiH2]C.C[SiH2]Cc1cccc(C)c1O.Cc1cccc(C=O)c1O. The Bertz CT molecular complexity index is 2530. The van der Waals surface area contributed by atoms with Crippen molar-refractivity contribution in [3.63, 3.8) is 0 Å². The van der Waals surface area contributed by atoms with Crippen LogP contribution >= 0.6 is 15.9 Å². The average molecular weight is 1180 g/mol. The van der Waals surface area contributed by atoms with Crippen molar-refractivity contribution in [2.75, 3.05) is 53.6 Å². The van der Waals surface area contributed by atoms with Crippen molar-refractivity contribution >= 4 is 47.5 Å². The van der Waals surface area contributed by atoms with Gasteiger partial charge in [-0.25, -0.2) is 0 Å². The molecule has 6 aromatic rings. The first kappa shape index (κ1) is 70.2. The third-order valence-electron chi connectivity index (χ3n) is 11.3. The van der Waals surface area contributed by atoms with E-state index in [1.54, 1.807) is 31.2 Å². The number of aliphatic hydroxyl groups is 1. The lowest BCUT2D eigenvalue weighted by atomic mass is 10.1. The minimum atomic E-state index is -0.0108. The van der Waals surface area contributed by atoms with E-state index in [9.17, 15) is 14.7 Å². The molecule has 0 heterocycles. The number of hydrogen-bond donors (Lipinski definition) is 3. The highest BCUT2D eigenvalue weighted by molar-refractivity contribution is 9.08. The molecule has 0 amide bonds. The van der Waals surface area contributed by atoms with Gasteiger partial charge in [0, 0.05) is 61.9 Å². The number of ether oxygens (including phenoxy) is 8. The number of alkyl halides is 1. The summed E-state index contributed by atoms with van der Waals surface area (Å²) in [5.41, 5.74) is 11.3. The van der Waals surface area contributed by atoms with Crippen molar-refractivity contribution in [1.29, 1.82) is 0 Å². The van der Waals surface area contributed by atoms with E-state index in [0.29, 0.717) is 68.9 Å². The zero-order valence-corrected chi connectivity index (χ0v) is 52.7. The highest BCUT2D eigenvalue weighted by Gasteiger charge is 2.09. The minimum absolute atomic E-state index is 0.0108. The number of aldehydes is 2. The number of phenols is 2. The number of aryl methyl sites for hydroxylation is 6. The molecule has 0 fully saturated rings. The second kappa shape index (κ2) is 43.1. The van der Waals surface area contributed by atoms with Crippen LogP contribution in [0.5, 0.6) is 34.5 Å². The Morgan fingerprint density at radius 2 is 0.744 bits per heavy atom. The summed E-state index contributed by atoms with van der Waals surface area (Å²) < 4.78 is 42.5. The van der Waals surface area contributed by atoms with E-state index < -0.39 is 0 Å². The maximum absolute atomic E-state index is 10.7. The van der Waals surface area contributed by atoms with Crippen molar-refractivity contribution in [2.24, 2.45) is 0 Å². The third kappa shape index (κ3) is 26.7. The van der Waals surface area contributed by atoms with Crippen LogP contribution in [0, 0.1) is 41.5 Å². The van der Waals surface area contributed by atoms with Crippen LogP contribution in [-0.2, 0) is 43.0 Å². The van der Waals surface area contributed by atoms with Gasteiger partial charge in [0.25, 0.3) is 0 Å². The molecule has 0 spiro atoms. The number of halogens is 1. The summed E-state index contributed by atoms with van der Waals surface area (Å²) in [6.07, 6.45) is 1.43. The van der Waals surface area contributed by atoms with E-state index in [1.165, 1.54) is 17.2 Å². The molecule has 0 atom stereocenters. The molecule has 0 aliphatic carbocycles. The van der Waals surface area contributed by atoms with Crippen molar-refractivity contribution < 1.29 is 62.8 Å². The standard InChI is InChI=1S/C12H20O2Si.C11H15BrO2.C11H16O3.C11H14O3.C9H14OSi.C8H8O2/c1-4-13-9-14-12-10(2)6-5-7-11(12)8-15-3;3*1-3-13-8-14-11-9(2)5-4-6-10(11)7-12;1-7-4-3-5-8(6-11-2)9(7)10;1-6-3-2-4-7(5-9)8(6)10/h5-7H,4,8-9,15H2,1-3H3;4-6H,3,7-8H2,1-2H3;4-6,12H,3,7-8H2,1-2H3;4-7H,3,8H2,1-2H3;3-5,10H,6,11H2,1-2H3;2-5,10H,1H3. The van der Waals surface area contributed by atoms with E-state index in [1.807, 2.05) is 122 Å². The Hall–Kier alpha value is -5.83. The molecule has 13 nitrogen and oxygen atoms in total. The molecule has 6 rings (SSSR count). The summed E-state index contributed by atoms with van der Waals surface area (Å²) in [7, 11) is 0.0474. The molecule has 0 unspecified atom stereocenters. The molecule has 0 aliphatic rings. The molecule has 0 saturated heterocycles. The number of rotatable bonds is 24. The largest absolute Gasteiger partial charge is 0.507 e. The molecule has 0 radical (unpaired) electrons. The summed E-state index contributed by atoms with van der Waals surface area (Å²) >= 11 is 3.43. The first-order valence-corrected chi connectivity index (χ1v) is 32.4. The number of carbonyl (C=O) groups is 2. The number of aliphatic hydroxyl groups excluding tert-OH is 1. The summed E-state index contributed by atoms with van der Waals surface area (Å²) in [6, 6.07) is 36.9. The van der Waals surface area contributed by atoms with Gasteiger partial charge in [0.2, 0.25) is 0 Å². The highest BCUT2D eigenvalue weighted by Crippen LogP contribution is 2.27. The van der Waals surface area contributed by atoms with E-state index in [2.05, 4.69) is 54.1 Å². The van der Waals surface area contributed by atoms with E-state index in [-0.39, 0.29) is 45.0 Å². The monoisotopic (exact) mass is 1170 g/mol. The molecule has 6 aromatic carbocycles. The lowest BCUT2D eigenvalue weighted by Crippen LogP contribution is -2.06. The first-order valence-electron chi connectivity index (χ1n) is 26.5. The van der Waals surface area contributed by atoms with Gasteiger partial charge < -0.3 is 53.2 Å². The zero-order chi connectivity index (χ0) is 58.1. The first-order chi connectivity index (χ1) is 37.7. The number of carbonyl (C=O) groups excluding carboxylic acids is 2. The number of para-hydroxylation sites is 6. The number of aromatic hydroxyl groups is 2. The lowest BCUT2D eigenvalue weighted by Gasteiger charge is -2.13. The zero-order valence-electron chi connectivity index (χ0n) is 48.2. The fourth-order valence-electron chi connectivity index (χ4n) is 7.12. The molecule has 0 aliphatic heterocycles. The van der Waals surface area contributed by atoms with Crippen LogP contribution in [0.4, 0.5) is 0 Å². The second-order valence-corrected chi connectivity index (χ2v) is 20.9. The topological polar surface area (TPSA) is 169 Å². The quantitative estimate of drug-likeness (QED) is 0.0172. The van der Waals surface area contributed by atoms with Crippen molar-refractivity contribution in [2.45, 2.75) is 106 Å². The molecular formula is C62H87BrO13Si2. The number of benzene rings is 6. The van der Waals surface area contributed by atoms with Gasteiger partial charge in [0.05, 0.1) is 17.7 Å². The van der Waals surface area contributed by atoms with Crippen LogP contribution in [0.2, 0.25) is 13.1 Å². The molecular weight excluding hydrogens is 1090 g/mol. The van der Waals surface area contributed by atoms with Gasteiger partial charge >= 0.3 is 0 Å². The Morgan fingerprint density at radius 1 is 0.423 bits per heavy atom. The predicted molar refractivity (Wildman–Crippen MR) is 324 cm³/mol. The number of hydrogen-bond acceptors (Lipinski definition) is 13. The van der Waals surface area contributed by atoms with E-state index in [4.69, 9.17) is 48.1 Å². The van der Waals surface area contributed by atoms with Gasteiger partial charge in [-0.3, -0.25) is 9.59 Å². The summed E-state index contributed by atoms with van der Waals surface area (Å²) in [4.78, 5) is 20.9. The van der Waals surface area contributed by atoms with Crippen molar-refractivity contribution in [3.05, 3.63) is 176 Å². The van der Waals surface area contributed by atoms with Crippen LogP contribution in [-0.4, -0.2) is 101 Å². The van der Waals surface area contributed by atoms with Crippen molar-refractivity contribution in [3.8, 4) is 34.5 Å². The minimum Gasteiger partial charge on any atom is -0.507 e. The second-order valence-electron chi connectivity index (χ2n) is 17.3. The Balaban J connectivity index is 0.000000470. The van der Waals surface area contributed by atoms with E-state index >= 15 is 0 Å². The predicted octanol–water partition coefficient (Wildman–Crippen LogP) is 12.3. The smallest absolute Gasteiger partial charge is 0.189 e. The highest BCUT2D eigenvalue weighted by atomic mass is 79.9. The van der Waals surface area contributed by atoms with Gasteiger partial charge in [-0.2, -0.15) is 0 Å². The van der Waals surface area contributed by atoms with Gasteiger partial charge in [-0.05, 0) is 138 Å². The van der Waals surface area contributed by atoms with Crippen LogP contribution < -0.4 is 18.9 Å². The van der Waals surface area contributed by atoms with Crippen LogP contribution in [0.3, 0.4) is 0 Å². The third-order valence-corrected chi connectivity index (χ3v) is 14.0. The van der Waals surface area contributed by atoms with Gasteiger partial charge in [-0.15, -0.1) is 0 Å². The normalized spacial score (nSPS) is 10.3. The van der Waals surface area contributed by atoms with Gasteiger partial charge in [0.15, 0.2) is 39.7 Å². The van der Waals surface area contributed by atoms with E-state index in [0.717, 1.165) is 79.4 Å². The number of phenolic OH excluding ortho intramolecular Hbond substituents is 2. The van der Waals surface area contributed by atoms with Crippen LogP contribution in [0.15, 0.2) is 109 Å². The van der Waals surface area contributed by atoms with Gasteiger partial charge in [0.1, 0.15) is 34.5 Å². The molecule has 0 aromatic heterocycles. The Labute approximate surface area is 478 Å². The molecule has 3 N–H and O–H groups in total. The van der Waals surface area contributed by atoms with Crippen LogP contribution in [0.25, 0.3) is 0 Å². The maximum atomic E-state index is 10.7. The van der Waals surface area contributed by atoms with Gasteiger partial charge in [-0.1, -0.05) is 126 Å².